The van der Waals surface area contributed by atoms with E-state index in [-0.39, 0.29) is 11.1 Å². The zero-order valence-corrected chi connectivity index (χ0v) is 15.2. The van der Waals surface area contributed by atoms with E-state index < -0.39 is 0 Å². The average Bonchev–Trinajstić information content (AvgIpc) is 2.49. The van der Waals surface area contributed by atoms with Crippen LogP contribution in [0.2, 0.25) is 15.2 Å². The molecule has 116 valence electrons. The second-order valence-corrected chi connectivity index (χ2v) is 6.69. The van der Waals surface area contributed by atoms with Crippen LogP contribution in [0.25, 0.3) is 0 Å². The third-order valence-corrected chi connectivity index (χ3v) is 4.44. The van der Waals surface area contributed by atoms with Gasteiger partial charge in [-0.1, -0.05) is 40.9 Å². The molecule has 0 aliphatic heterocycles. The van der Waals surface area contributed by atoms with Crippen LogP contribution in [0.3, 0.4) is 0 Å². The van der Waals surface area contributed by atoms with Gasteiger partial charge in [0.15, 0.2) is 0 Å². The lowest BCUT2D eigenvalue weighted by Crippen LogP contribution is -2.25. The Labute approximate surface area is 152 Å². The molecule has 22 heavy (non-hydrogen) atoms. The van der Waals surface area contributed by atoms with Gasteiger partial charge in [-0.3, -0.25) is 4.79 Å². The molecule has 0 atom stereocenters. The molecule has 0 saturated carbocycles. The predicted molar refractivity (Wildman–Crippen MR) is 94.1 cm³/mol. The highest BCUT2D eigenvalue weighted by atomic mass is 79.9. The highest BCUT2D eigenvalue weighted by molar-refractivity contribution is 9.10. The van der Waals surface area contributed by atoms with Crippen LogP contribution in [-0.4, -0.2) is 17.4 Å². The molecule has 1 aromatic carbocycles. The minimum Gasteiger partial charge on any atom is -0.352 e. The van der Waals surface area contributed by atoms with Gasteiger partial charge in [0, 0.05) is 17.2 Å². The molecule has 0 bridgehead atoms. The largest absolute Gasteiger partial charge is 0.352 e. The molecule has 2 rings (SSSR count). The van der Waals surface area contributed by atoms with Gasteiger partial charge < -0.3 is 5.32 Å². The summed E-state index contributed by atoms with van der Waals surface area (Å²) in [6.45, 7) is 0.530. The van der Waals surface area contributed by atoms with E-state index in [2.05, 4.69) is 26.2 Å². The van der Waals surface area contributed by atoms with Crippen molar-refractivity contribution >= 4 is 56.6 Å². The molecule has 1 heterocycles. The van der Waals surface area contributed by atoms with Gasteiger partial charge in [0.05, 0.1) is 15.6 Å². The fraction of sp³-hybridized carbons (Fsp3) is 0.200. The first-order valence-electron chi connectivity index (χ1n) is 6.50. The molecule has 7 heteroatoms. The monoisotopic (exact) mass is 420 g/mol. The van der Waals surface area contributed by atoms with Gasteiger partial charge >= 0.3 is 0 Å². The minimum atomic E-state index is -0.243. The van der Waals surface area contributed by atoms with Crippen molar-refractivity contribution in [1.29, 1.82) is 0 Å². The zero-order valence-electron chi connectivity index (χ0n) is 11.4. The number of hydrogen-bond donors (Lipinski definition) is 1. The molecule has 1 N–H and O–H groups in total. The van der Waals surface area contributed by atoms with Gasteiger partial charge in [-0.25, -0.2) is 4.98 Å². The highest BCUT2D eigenvalue weighted by Gasteiger charge is 2.11. The summed E-state index contributed by atoms with van der Waals surface area (Å²) in [5, 5.41) is 4.08. The Balaban J connectivity index is 1.84. The van der Waals surface area contributed by atoms with E-state index in [0.29, 0.717) is 26.6 Å². The topological polar surface area (TPSA) is 42.0 Å². The summed E-state index contributed by atoms with van der Waals surface area (Å²) in [7, 11) is 0. The summed E-state index contributed by atoms with van der Waals surface area (Å²) in [4.78, 5) is 16.0. The second kappa shape index (κ2) is 8.16. The summed E-state index contributed by atoms with van der Waals surface area (Å²) in [6.07, 6.45) is 3.12. The van der Waals surface area contributed by atoms with Crippen LogP contribution in [0, 0.1) is 0 Å². The smallest absolute Gasteiger partial charge is 0.254 e. The van der Waals surface area contributed by atoms with E-state index in [1.54, 1.807) is 18.3 Å². The highest BCUT2D eigenvalue weighted by Crippen LogP contribution is 2.23. The molecule has 0 radical (unpaired) electrons. The standard InChI is InChI=1S/C15H12BrCl3N2O/c16-10-7-11(14(19)21-8-10)15(22)20-5-1-2-9-3-4-12(17)13(18)6-9/h3-4,6-8H,1-2,5H2,(H,20,22). The number of halogens is 4. The lowest BCUT2D eigenvalue weighted by Gasteiger charge is -2.07. The van der Waals surface area contributed by atoms with Crippen LogP contribution in [-0.2, 0) is 6.42 Å². The quantitative estimate of drug-likeness (QED) is 0.534. The maximum absolute atomic E-state index is 12.0. The number of benzene rings is 1. The normalized spacial score (nSPS) is 10.5. The van der Waals surface area contributed by atoms with Crippen LogP contribution >= 0.6 is 50.7 Å². The molecule has 0 aliphatic carbocycles. The molecule has 0 fully saturated rings. The number of pyridine rings is 1. The van der Waals surface area contributed by atoms with Crippen LogP contribution in [0.5, 0.6) is 0 Å². The van der Waals surface area contributed by atoms with Crippen molar-refractivity contribution in [3.8, 4) is 0 Å². The maximum Gasteiger partial charge on any atom is 0.254 e. The molecule has 0 unspecified atom stereocenters. The number of aromatic nitrogens is 1. The Bertz CT molecular complexity index is 694. The van der Waals surface area contributed by atoms with E-state index >= 15 is 0 Å². The zero-order chi connectivity index (χ0) is 16.1. The first-order valence-corrected chi connectivity index (χ1v) is 8.43. The number of rotatable bonds is 5. The Hall–Kier alpha value is -0.810. The Morgan fingerprint density at radius 1 is 1.18 bits per heavy atom. The van der Waals surface area contributed by atoms with Gasteiger partial charge in [0.1, 0.15) is 5.15 Å². The molecule has 1 aromatic heterocycles. The lowest BCUT2D eigenvalue weighted by molar-refractivity contribution is 0.0953. The van der Waals surface area contributed by atoms with Gasteiger partial charge in [-0.2, -0.15) is 0 Å². The summed E-state index contributed by atoms with van der Waals surface area (Å²) < 4.78 is 0.706. The summed E-state index contributed by atoms with van der Waals surface area (Å²) in [5.41, 5.74) is 1.43. The number of aryl methyl sites for hydroxylation is 1. The Morgan fingerprint density at radius 3 is 2.68 bits per heavy atom. The first-order chi connectivity index (χ1) is 10.5. The van der Waals surface area contributed by atoms with E-state index in [1.807, 2.05) is 12.1 Å². The lowest BCUT2D eigenvalue weighted by atomic mass is 10.1. The van der Waals surface area contributed by atoms with Crippen molar-refractivity contribution in [1.82, 2.24) is 10.3 Å². The Kier molecular flexibility index (Phi) is 6.50. The minimum absolute atomic E-state index is 0.185. The van der Waals surface area contributed by atoms with E-state index in [4.69, 9.17) is 34.8 Å². The van der Waals surface area contributed by atoms with Crippen LogP contribution < -0.4 is 5.32 Å². The molecule has 2 aromatic rings. The maximum atomic E-state index is 12.0. The fourth-order valence-electron chi connectivity index (χ4n) is 1.87. The molecule has 0 saturated heterocycles. The van der Waals surface area contributed by atoms with Crippen LogP contribution in [0.15, 0.2) is 34.9 Å². The third-order valence-electron chi connectivity index (χ3n) is 2.96. The molecular weight excluding hydrogens is 410 g/mol. The van der Waals surface area contributed by atoms with E-state index in [9.17, 15) is 4.79 Å². The van der Waals surface area contributed by atoms with Crippen molar-refractivity contribution in [2.24, 2.45) is 0 Å². The van der Waals surface area contributed by atoms with Crippen molar-refractivity contribution < 1.29 is 4.79 Å². The number of hydrogen-bond acceptors (Lipinski definition) is 2. The van der Waals surface area contributed by atoms with Crippen LogP contribution in [0.4, 0.5) is 0 Å². The first kappa shape index (κ1) is 17.5. The molecule has 1 amide bonds. The van der Waals surface area contributed by atoms with Crippen molar-refractivity contribution in [2.45, 2.75) is 12.8 Å². The van der Waals surface area contributed by atoms with Gasteiger partial charge in [0.2, 0.25) is 0 Å². The van der Waals surface area contributed by atoms with Crippen molar-refractivity contribution in [3.05, 3.63) is 61.3 Å². The van der Waals surface area contributed by atoms with E-state index in [1.165, 1.54) is 0 Å². The van der Waals surface area contributed by atoms with Crippen LogP contribution in [0.1, 0.15) is 22.3 Å². The summed E-state index contributed by atoms with van der Waals surface area (Å²) in [6, 6.07) is 7.17. The molecule has 0 aliphatic rings. The van der Waals surface area contributed by atoms with Crippen molar-refractivity contribution in [2.75, 3.05) is 6.54 Å². The van der Waals surface area contributed by atoms with Crippen molar-refractivity contribution in [3.63, 3.8) is 0 Å². The number of carbonyl (C=O) groups excluding carboxylic acids is 1. The number of carbonyl (C=O) groups is 1. The average molecular weight is 423 g/mol. The number of amides is 1. The third kappa shape index (κ3) is 4.85. The molecule has 3 nitrogen and oxygen atoms in total. The fourth-order valence-corrected chi connectivity index (χ4v) is 2.71. The van der Waals surface area contributed by atoms with Gasteiger partial charge in [-0.05, 0) is 52.5 Å². The second-order valence-electron chi connectivity index (χ2n) is 4.60. The SMILES string of the molecule is O=C(NCCCc1ccc(Cl)c(Cl)c1)c1cc(Br)cnc1Cl. The van der Waals surface area contributed by atoms with E-state index in [0.717, 1.165) is 18.4 Å². The number of nitrogens with one attached hydrogen (secondary N) is 1. The number of nitrogens with zero attached hydrogens (tertiary/aromatic N) is 1. The van der Waals surface area contributed by atoms with Gasteiger partial charge in [-0.15, -0.1) is 0 Å². The Morgan fingerprint density at radius 2 is 1.95 bits per heavy atom. The molecule has 0 spiro atoms. The molecular formula is C15H12BrCl3N2O. The van der Waals surface area contributed by atoms with Gasteiger partial charge in [0.25, 0.3) is 5.91 Å². The summed E-state index contributed by atoms with van der Waals surface area (Å²) in [5.74, 6) is -0.243. The summed E-state index contributed by atoms with van der Waals surface area (Å²) >= 11 is 21.0. The predicted octanol–water partition coefficient (Wildman–Crippen LogP) is 5.17.